The molecule has 2 fully saturated rings. The van der Waals surface area contributed by atoms with Gasteiger partial charge in [0.2, 0.25) is 0 Å². The lowest BCUT2D eigenvalue weighted by molar-refractivity contribution is -0.189. The molecule has 1 amide bonds. The maximum absolute atomic E-state index is 12.5. The number of hydrogen-bond acceptors (Lipinski definition) is 2. The number of rotatable bonds is 4. The van der Waals surface area contributed by atoms with Crippen molar-refractivity contribution in [2.24, 2.45) is 5.92 Å². The van der Waals surface area contributed by atoms with Gasteiger partial charge >= 0.3 is 6.18 Å². The third-order valence-electron chi connectivity index (χ3n) is 3.82. The summed E-state index contributed by atoms with van der Waals surface area (Å²) in [5.74, 6) is -0.494. The van der Waals surface area contributed by atoms with Gasteiger partial charge in [-0.3, -0.25) is 4.79 Å². The zero-order valence-electron chi connectivity index (χ0n) is 10.2. The molecule has 0 aromatic heterocycles. The summed E-state index contributed by atoms with van der Waals surface area (Å²) in [7, 11) is 0. The van der Waals surface area contributed by atoms with Crippen LogP contribution in [0.2, 0.25) is 0 Å². The molecule has 1 atom stereocenters. The quantitative estimate of drug-likeness (QED) is 0.793. The van der Waals surface area contributed by atoms with Crippen LogP contribution in [0, 0.1) is 5.92 Å². The van der Waals surface area contributed by atoms with Gasteiger partial charge in [-0.1, -0.05) is 32.1 Å². The normalized spacial score (nSPS) is 29.1. The third-order valence-corrected chi connectivity index (χ3v) is 3.82. The van der Waals surface area contributed by atoms with Gasteiger partial charge in [-0.2, -0.15) is 13.2 Å². The van der Waals surface area contributed by atoms with Gasteiger partial charge in [-0.05, 0) is 12.3 Å². The topological polar surface area (TPSA) is 41.6 Å². The zero-order chi connectivity index (χ0) is 13.2. The molecule has 6 heteroatoms. The van der Waals surface area contributed by atoms with Crippen molar-refractivity contribution in [1.82, 2.24) is 5.32 Å². The van der Waals surface area contributed by atoms with E-state index in [4.69, 9.17) is 0 Å². The predicted molar refractivity (Wildman–Crippen MR) is 58.9 cm³/mol. The highest BCUT2D eigenvalue weighted by atomic mass is 19.4. The van der Waals surface area contributed by atoms with Crippen LogP contribution in [-0.4, -0.2) is 30.8 Å². The van der Waals surface area contributed by atoms with E-state index in [0.29, 0.717) is 12.5 Å². The van der Waals surface area contributed by atoms with Crippen molar-refractivity contribution in [3.8, 4) is 0 Å². The van der Waals surface area contributed by atoms with Crippen molar-refractivity contribution < 1.29 is 22.7 Å². The van der Waals surface area contributed by atoms with Gasteiger partial charge in [0, 0.05) is 6.54 Å². The predicted octanol–water partition coefficient (Wildman–Crippen LogP) is 2.40. The van der Waals surface area contributed by atoms with Crippen LogP contribution in [0.5, 0.6) is 0 Å². The van der Waals surface area contributed by atoms with E-state index < -0.39 is 24.3 Å². The molecule has 2 rings (SSSR count). The van der Waals surface area contributed by atoms with Gasteiger partial charge in [0.05, 0.1) is 6.61 Å². The molecule has 1 aliphatic carbocycles. The highest BCUT2D eigenvalue weighted by Crippen LogP contribution is 2.43. The van der Waals surface area contributed by atoms with Gasteiger partial charge in [-0.25, -0.2) is 0 Å². The molecule has 1 saturated heterocycles. The number of nitrogens with one attached hydrogen (secondary N) is 1. The second-order valence-electron chi connectivity index (χ2n) is 5.16. The second-order valence-corrected chi connectivity index (χ2v) is 5.16. The minimum atomic E-state index is -4.61. The Morgan fingerprint density at radius 1 is 1.28 bits per heavy atom. The van der Waals surface area contributed by atoms with Gasteiger partial charge in [0.15, 0.2) is 0 Å². The summed E-state index contributed by atoms with van der Waals surface area (Å²) in [6.45, 7) is -0.240. The standard InChI is InChI=1S/C12H18F3NO2/c13-12(14,15)11(8-18-11)10(17)16-7-6-9-4-2-1-3-5-9/h9H,1-8H2,(H,16,17)/t11-/m1/s1. The lowest BCUT2D eigenvalue weighted by Gasteiger charge is -2.22. The van der Waals surface area contributed by atoms with E-state index >= 15 is 0 Å². The first-order chi connectivity index (χ1) is 8.46. The summed E-state index contributed by atoms with van der Waals surface area (Å²) in [4.78, 5) is 11.5. The zero-order valence-corrected chi connectivity index (χ0v) is 10.2. The van der Waals surface area contributed by atoms with Crippen LogP contribution in [0.3, 0.4) is 0 Å². The summed E-state index contributed by atoms with van der Waals surface area (Å²) in [5, 5.41) is 2.36. The molecule has 2 aliphatic rings. The SMILES string of the molecule is O=C(NCCC1CCCCC1)[C@@]1(C(F)(F)F)CO1. The molecule has 18 heavy (non-hydrogen) atoms. The first-order valence-electron chi connectivity index (χ1n) is 6.45. The Labute approximate surface area is 104 Å². The summed E-state index contributed by atoms with van der Waals surface area (Å²) >= 11 is 0. The molecular weight excluding hydrogens is 247 g/mol. The van der Waals surface area contributed by atoms with E-state index in [1.807, 2.05) is 0 Å². The van der Waals surface area contributed by atoms with Crippen molar-refractivity contribution >= 4 is 5.91 Å². The lowest BCUT2D eigenvalue weighted by atomic mass is 9.87. The van der Waals surface area contributed by atoms with Gasteiger partial charge in [0.1, 0.15) is 0 Å². The van der Waals surface area contributed by atoms with E-state index in [1.54, 1.807) is 0 Å². The number of epoxide rings is 1. The summed E-state index contributed by atoms with van der Waals surface area (Å²) < 4.78 is 42.0. The molecule has 1 heterocycles. The minimum Gasteiger partial charge on any atom is -0.353 e. The fourth-order valence-corrected chi connectivity index (χ4v) is 2.50. The van der Waals surface area contributed by atoms with Crippen LogP contribution in [0.4, 0.5) is 13.2 Å². The maximum Gasteiger partial charge on any atom is 0.428 e. The van der Waals surface area contributed by atoms with Gasteiger partial charge in [0.25, 0.3) is 11.5 Å². The smallest absolute Gasteiger partial charge is 0.353 e. The summed E-state index contributed by atoms with van der Waals surface area (Å²) in [6.07, 6.45) is 2.02. The number of amides is 1. The van der Waals surface area contributed by atoms with Crippen molar-refractivity contribution in [1.29, 1.82) is 0 Å². The average molecular weight is 265 g/mol. The number of hydrogen-bond donors (Lipinski definition) is 1. The lowest BCUT2D eigenvalue weighted by Crippen LogP contribution is -2.48. The molecule has 1 saturated carbocycles. The van der Waals surface area contributed by atoms with E-state index in [-0.39, 0.29) is 0 Å². The molecule has 0 radical (unpaired) electrons. The first-order valence-corrected chi connectivity index (χ1v) is 6.45. The molecule has 104 valence electrons. The first kappa shape index (κ1) is 13.6. The maximum atomic E-state index is 12.5. The number of carbonyl (C=O) groups is 1. The Kier molecular flexibility index (Phi) is 3.84. The summed E-state index contributed by atoms with van der Waals surface area (Å²) in [5.41, 5.74) is -2.56. The van der Waals surface area contributed by atoms with Gasteiger partial charge < -0.3 is 10.1 Å². The largest absolute Gasteiger partial charge is 0.428 e. The van der Waals surface area contributed by atoms with E-state index in [2.05, 4.69) is 10.1 Å². The van der Waals surface area contributed by atoms with Crippen molar-refractivity contribution in [2.45, 2.75) is 50.3 Å². The summed E-state index contributed by atoms with van der Waals surface area (Å²) in [6, 6.07) is 0. The van der Waals surface area contributed by atoms with Crippen molar-refractivity contribution in [3.05, 3.63) is 0 Å². The molecule has 1 N–H and O–H groups in total. The molecule has 3 nitrogen and oxygen atoms in total. The van der Waals surface area contributed by atoms with E-state index in [0.717, 1.165) is 19.3 Å². The highest BCUT2D eigenvalue weighted by molar-refractivity contribution is 5.88. The monoisotopic (exact) mass is 265 g/mol. The minimum absolute atomic E-state index is 0.310. The molecular formula is C12H18F3NO2. The van der Waals surface area contributed by atoms with Crippen LogP contribution in [0.25, 0.3) is 0 Å². The van der Waals surface area contributed by atoms with Crippen LogP contribution >= 0.6 is 0 Å². The molecule has 0 unspecified atom stereocenters. The van der Waals surface area contributed by atoms with Crippen molar-refractivity contribution in [3.63, 3.8) is 0 Å². The number of alkyl halides is 3. The highest BCUT2D eigenvalue weighted by Gasteiger charge is 2.71. The van der Waals surface area contributed by atoms with Crippen LogP contribution in [-0.2, 0) is 9.53 Å². The third kappa shape index (κ3) is 2.79. The fraction of sp³-hybridized carbons (Fsp3) is 0.917. The molecule has 0 spiro atoms. The Balaban J connectivity index is 1.72. The van der Waals surface area contributed by atoms with E-state index in [1.165, 1.54) is 19.3 Å². The Morgan fingerprint density at radius 3 is 2.39 bits per heavy atom. The van der Waals surface area contributed by atoms with Crippen LogP contribution in [0.1, 0.15) is 38.5 Å². The number of halogens is 3. The molecule has 1 aliphatic heterocycles. The number of carbonyl (C=O) groups excluding carboxylic acids is 1. The Hall–Kier alpha value is -0.780. The Morgan fingerprint density at radius 2 is 1.89 bits per heavy atom. The molecule has 0 aromatic rings. The van der Waals surface area contributed by atoms with E-state index in [9.17, 15) is 18.0 Å². The number of ether oxygens (including phenoxy) is 1. The second kappa shape index (κ2) is 5.07. The average Bonchev–Trinajstić information content (AvgIpc) is 3.10. The van der Waals surface area contributed by atoms with Crippen LogP contribution < -0.4 is 5.32 Å². The molecule has 0 aromatic carbocycles. The Bertz CT molecular complexity index is 307. The van der Waals surface area contributed by atoms with Crippen molar-refractivity contribution in [2.75, 3.05) is 13.2 Å². The fourth-order valence-electron chi connectivity index (χ4n) is 2.50. The van der Waals surface area contributed by atoms with Crippen LogP contribution in [0.15, 0.2) is 0 Å². The molecule has 0 bridgehead atoms. The van der Waals surface area contributed by atoms with Gasteiger partial charge in [-0.15, -0.1) is 0 Å².